The highest BCUT2D eigenvalue weighted by atomic mass is 32.1. The van der Waals surface area contributed by atoms with E-state index in [9.17, 15) is 14.0 Å². The van der Waals surface area contributed by atoms with E-state index < -0.39 is 17.8 Å². The van der Waals surface area contributed by atoms with Crippen LogP contribution in [-0.2, 0) is 9.53 Å². The fourth-order valence-corrected chi connectivity index (χ4v) is 5.64. The summed E-state index contributed by atoms with van der Waals surface area (Å²) in [6.45, 7) is 4.14. The number of halogens is 1. The van der Waals surface area contributed by atoms with Gasteiger partial charge in [-0.15, -0.1) is 0 Å². The first-order valence-electron chi connectivity index (χ1n) is 12.8. The first kappa shape index (κ1) is 27.1. The molecule has 0 amide bonds. The minimum absolute atomic E-state index is 0.140. The molecule has 9 heteroatoms. The summed E-state index contributed by atoms with van der Waals surface area (Å²) in [5.41, 5.74) is 2.17. The number of carbonyl (C=O) groups excluding carboxylic acids is 1. The van der Waals surface area contributed by atoms with Gasteiger partial charge in [0.15, 0.2) is 16.3 Å². The number of esters is 1. The average Bonchev–Trinajstić information content (AvgIpc) is 3.28. The number of rotatable bonds is 8. The second-order valence-electron chi connectivity index (χ2n) is 8.79. The number of benzene rings is 3. The van der Waals surface area contributed by atoms with Crippen molar-refractivity contribution in [3.8, 4) is 11.5 Å². The fourth-order valence-electron chi connectivity index (χ4n) is 4.65. The molecule has 0 radical (unpaired) electrons. The maximum atomic E-state index is 14.0. The molecule has 0 aliphatic carbocycles. The number of aromatic nitrogens is 1. The van der Waals surface area contributed by atoms with Crippen LogP contribution in [0.1, 0.15) is 36.6 Å². The Morgan fingerprint density at radius 2 is 1.77 bits per heavy atom. The third kappa shape index (κ3) is 5.08. The van der Waals surface area contributed by atoms with E-state index in [1.165, 1.54) is 28.0 Å². The smallest absolute Gasteiger partial charge is 0.338 e. The number of fused-ring (bicyclic) bond motifs is 1. The van der Waals surface area contributed by atoms with Crippen LogP contribution in [0.4, 0.5) is 4.39 Å². The van der Waals surface area contributed by atoms with Crippen LogP contribution in [0.3, 0.4) is 0 Å². The predicted octanol–water partition coefficient (Wildman–Crippen LogP) is 4.48. The Morgan fingerprint density at radius 1 is 1.02 bits per heavy atom. The standard InChI is InChI=1S/C31H27FN2O5S/c1-4-38-28-21(12-9-13-23(28)37-3)18-24-29(35)34-27(20-14-16-22(32)17-15-20)25(30(36)39-5-2)26(33-31(34)40-24)19-10-7-6-8-11-19/h6-18,27H,4-5H2,1-3H3/b24-18-/t27-/m0/s1. The van der Waals surface area contributed by atoms with Crippen molar-refractivity contribution in [2.24, 2.45) is 4.99 Å². The fraction of sp³-hybridized carbons (Fsp3) is 0.194. The summed E-state index contributed by atoms with van der Waals surface area (Å²) in [5, 5.41) is 0. The molecule has 0 saturated heterocycles. The van der Waals surface area contributed by atoms with Gasteiger partial charge in [0.1, 0.15) is 5.82 Å². The summed E-state index contributed by atoms with van der Waals surface area (Å²) in [4.78, 5) is 32.7. The van der Waals surface area contributed by atoms with Crippen LogP contribution in [0.15, 0.2) is 88.2 Å². The normalized spacial score (nSPS) is 14.9. The second-order valence-corrected chi connectivity index (χ2v) is 9.80. The number of methoxy groups -OCH3 is 1. The molecule has 1 aromatic heterocycles. The van der Waals surface area contributed by atoms with Gasteiger partial charge in [-0.25, -0.2) is 14.2 Å². The van der Waals surface area contributed by atoms with Crippen LogP contribution in [0.5, 0.6) is 11.5 Å². The van der Waals surface area contributed by atoms with Gasteiger partial charge in [0.2, 0.25) is 0 Å². The zero-order valence-corrected chi connectivity index (χ0v) is 23.0. The van der Waals surface area contributed by atoms with E-state index in [0.717, 1.165) is 0 Å². The van der Waals surface area contributed by atoms with Crippen LogP contribution in [-0.4, -0.2) is 30.9 Å². The minimum atomic E-state index is -0.884. The number of para-hydroxylation sites is 1. The Bertz CT molecular complexity index is 1760. The van der Waals surface area contributed by atoms with E-state index in [1.807, 2.05) is 49.4 Å². The average molecular weight is 559 g/mol. The lowest BCUT2D eigenvalue weighted by Crippen LogP contribution is -2.40. The van der Waals surface area contributed by atoms with Gasteiger partial charge in [-0.3, -0.25) is 9.36 Å². The predicted molar refractivity (Wildman–Crippen MR) is 152 cm³/mol. The van der Waals surface area contributed by atoms with E-state index in [2.05, 4.69) is 0 Å². The first-order valence-corrected chi connectivity index (χ1v) is 13.6. The van der Waals surface area contributed by atoms with Crippen LogP contribution < -0.4 is 24.4 Å². The minimum Gasteiger partial charge on any atom is -0.493 e. The number of ether oxygens (including phenoxy) is 3. The van der Waals surface area contributed by atoms with E-state index in [0.29, 0.717) is 49.8 Å². The van der Waals surface area contributed by atoms with Gasteiger partial charge < -0.3 is 14.2 Å². The molecule has 2 heterocycles. The lowest BCUT2D eigenvalue weighted by molar-refractivity contribution is -0.138. The molecule has 40 heavy (non-hydrogen) atoms. The Balaban J connectivity index is 1.82. The highest BCUT2D eigenvalue weighted by Crippen LogP contribution is 2.35. The molecular formula is C31H27FN2O5S. The Morgan fingerprint density at radius 3 is 2.45 bits per heavy atom. The molecule has 4 aromatic rings. The molecule has 0 spiro atoms. The molecule has 3 aromatic carbocycles. The molecule has 0 saturated carbocycles. The maximum Gasteiger partial charge on any atom is 0.338 e. The molecule has 0 fully saturated rings. The van der Waals surface area contributed by atoms with Crippen molar-refractivity contribution < 1.29 is 23.4 Å². The van der Waals surface area contributed by atoms with Crippen molar-refractivity contribution in [2.75, 3.05) is 20.3 Å². The van der Waals surface area contributed by atoms with Crippen LogP contribution >= 0.6 is 11.3 Å². The van der Waals surface area contributed by atoms with Crippen molar-refractivity contribution in [1.29, 1.82) is 0 Å². The summed E-state index contributed by atoms with van der Waals surface area (Å²) < 4.78 is 32.6. The van der Waals surface area contributed by atoms with E-state index in [4.69, 9.17) is 19.2 Å². The largest absolute Gasteiger partial charge is 0.493 e. The molecule has 0 bridgehead atoms. The molecule has 1 aliphatic heterocycles. The topological polar surface area (TPSA) is 79.1 Å². The van der Waals surface area contributed by atoms with Crippen LogP contribution in [0.25, 0.3) is 11.8 Å². The van der Waals surface area contributed by atoms with E-state index >= 15 is 0 Å². The third-order valence-electron chi connectivity index (χ3n) is 6.36. The first-order chi connectivity index (χ1) is 19.5. The summed E-state index contributed by atoms with van der Waals surface area (Å²) in [6.07, 6.45) is 1.73. The molecular weight excluding hydrogens is 531 g/mol. The number of hydrogen-bond acceptors (Lipinski definition) is 7. The lowest BCUT2D eigenvalue weighted by atomic mass is 9.93. The van der Waals surface area contributed by atoms with Gasteiger partial charge in [0.25, 0.3) is 5.56 Å². The molecule has 0 unspecified atom stereocenters. The molecule has 1 aliphatic rings. The second kappa shape index (κ2) is 11.7. The summed E-state index contributed by atoms with van der Waals surface area (Å²) in [5.74, 6) is 0.0388. The summed E-state index contributed by atoms with van der Waals surface area (Å²) in [6, 6.07) is 19.6. The maximum absolute atomic E-state index is 14.0. The number of hydrogen-bond donors (Lipinski definition) is 0. The molecule has 5 rings (SSSR count). The summed E-state index contributed by atoms with van der Waals surface area (Å²) >= 11 is 1.20. The quantitative estimate of drug-likeness (QED) is 0.298. The molecule has 204 valence electrons. The monoisotopic (exact) mass is 558 g/mol. The molecule has 7 nitrogen and oxygen atoms in total. The van der Waals surface area contributed by atoms with Crippen molar-refractivity contribution in [1.82, 2.24) is 4.57 Å². The molecule has 1 atom stereocenters. The van der Waals surface area contributed by atoms with Crippen molar-refractivity contribution >= 4 is 29.1 Å². The van der Waals surface area contributed by atoms with Crippen LogP contribution in [0, 0.1) is 5.82 Å². The summed E-state index contributed by atoms with van der Waals surface area (Å²) in [7, 11) is 1.56. The van der Waals surface area contributed by atoms with Gasteiger partial charge in [-0.1, -0.05) is 65.9 Å². The zero-order chi connectivity index (χ0) is 28.2. The SMILES string of the molecule is CCOC(=O)C1=C(c2ccccc2)N=c2s/c(=C\c3cccc(OC)c3OCC)c(=O)n2[C@H]1c1ccc(F)cc1. The van der Waals surface area contributed by atoms with Crippen molar-refractivity contribution in [3.63, 3.8) is 0 Å². The van der Waals surface area contributed by atoms with Crippen molar-refractivity contribution in [2.45, 2.75) is 19.9 Å². The Labute approximate surface area is 234 Å². The van der Waals surface area contributed by atoms with Gasteiger partial charge in [-0.2, -0.15) is 0 Å². The van der Waals surface area contributed by atoms with Crippen molar-refractivity contribution in [3.05, 3.63) is 121 Å². The van der Waals surface area contributed by atoms with Gasteiger partial charge in [0, 0.05) is 11.1 Å². The number of thiazole rings is 1. The lowest BCUT2D eigenvalue weighted by Gasteiger charge is -2.25. The van der Waals surface area contributed by atoms with Crippen LogP contribution in [0.2, 0.25) is 0 Å². The van der Waals surface area contributed by atoms with E-state index in [1.54, 1.807) is 38.3 Å². The number of carbonyl (C=O) groups is 1. The number of nitrogens with zero attached hydrogens (tertiary/aromatic N) is 2. The Kier molecular flexibility index (Phi) is 7.93. The highest BCUT2D eigenvalue weighted by Gasteiger charge is 2.35. The van der Waals surface area contributed by atoms with Gasteiger partial charge in [-0.05, 0) is 43.7 Å². The molecule has 0 N–H and O–H groups in total. The zero-order valence-electron chi connectivity index (χ0n) is 22.2. The van der Waals surface area contributed by atoms with Gasteiger partial charge in [0.05, 0.1) is 42.2 Å². The van der Waals surface area contributed by atoms with Gasteiger partial charge >= 0.3 is 5.97 Å². The highest BCUT2D eigenvalue weighted by molar-refractivity contribution is 7.07. The third-order valence-corrected chi connectivity index (χ3v) is 7.35. The van der Waals surface area contributed by atoms with E-state index in [-0.39, 0.29) is 17.7 Å². The Hall–Kier alpha value is -4.50.